The Hall–Kier alpha value is -1.02. The van der Waals surface area contributed by atoms with Crippen LogP contribution < -0.4 is 4.74 Å². The van der Waals surface area contributed by atoms with Crippen LogP contribution in [0.2, 0.25) is 5.02 Å². The van der Waals surface area contributed by atoms with Crippen LogP contribution >= 0.6 is 11.6 Å². The maximum Gasteiger partial charge on any atom is 0.120 e. The molecule has 0 aliphatic rings. The van der Waals surface area contributed by atoms with E-state index in [-0.39, 0.29) is 0 Å². The van der Waals surface area contributed by atoms with Crippen molar-refractivity contribution in [3.63, 3.8) is 0 Å². The largest absolute Gasteiger partial charge is 0.497 e. The summed E-state index contributed by atoms with van der Waals surface area (Å²) in [7, 11) is 1.59. The van der Waals surface area contributed by atoms with Crippen molar-refractivity contribution in [1.29, 1.82) is 0 Å². The molecular formula is C10H11ClO2. The van der Waals surface area contributed by atoms with Crippen molar-refractivity contribution in [2.75, 3.05) is 7.11 Å². The van der Waals surface area contributed by atoms with E-state index in [1.54, 1.807) is 13.2 Å². The average Bonchev–Trinajstić information content (AvgIpc) is 2.16. The van der Waals surface area contributed by atoms with Crippen LogP contribution in [0.5, 0.6) is 5.75 Å². The smallest absolute Gasteiger partial charge is 0.120 e. The molecule has 0 heterocycles. The van der Waals surface area contributed by atoms with Gasteiger partial charge >= 0.3 is 0 Å². The fourth-order valence-electron chi connectivity index (χ4n) is 1.07. The van der Waals surface area contributed by atoms with Crippen LogP contribution in [0, 0.1) is 0 Å². The Bertz CT molecular complexity index is 297. The van der Waals surface area contributed by atoms with Crippen molar-refractivity contribution in [3.8, 4) is 5.75 Å². The van der Waals surface area contributed by atoms with E-state index in [9.17, 15) is 4.79 Å². The molecule has 3 heteroatoms. The van der Waals surface area contributed by atoms with E-state index in [4.69, 9.17) is 16.3 Å². The average molecular weight is 199 g/mol. The molecule has 0 N–H and O–H groups in total. The second kappa shape index (κ2) is 4.87. The Morgan fingerprint density at radius 1 is 1.54 bits per heavy atom. The molecule has 0 spiro atoms. The van der Waals surface area contributed by atoms with Gasteiger partial charge in [-0.15, -0.1) is 0 Å². The quantitative estimate of drug-likeness (QED) is 0.695. The van der Waals surface area contributed by atoms with Gasteiger partial charge in [0.25, 0.3) is 0 Å². The molecule has 0 aliphatic carbocycles. The van der Waals surface area contributed by atoms with Gasteiger partial charge in [0.05, 0.1) is 7.11 Å². The molecule has 0 aliphatic heterocycles. The molecule has 0 aromatic heterocycles. The van der Waals surface area contributed by atoms with E-state index in [1.807, 2.05) is 12.1 Å². The lowest BCUT2D eigenvalue weighted by molar-refractivity contribution is -0.107. The van der Waals surface area contributed by atoms with Crippen molar-refractivity contribution in [1.82, 2.24) is 0 Å². The lowest BCUT2D eigenvalue weighted by Crippen LogP contribution is -1.89. The highest BCUT2D eigenvalue weighted by Gasteiger charge is 2.01. The Labute approximate surface area is 82.5 Å². The fourth-order valence-corrected chi connectivity index (χ4v) is 1.34. The highest BCUT2D eigenvalue weighted by Crippen LogP contribution is 2.22. The molecule has 70 valence electrons. The SMILES string of the molecule is COc1ccc(CCC=O)c(Cl)c1. The number of carbonyl (C=O) groups is 1. The van der Waals surface area contributed by atoms with Crippen molar-refractivity contribution in [3.05, 3.63) is 28.8 Å². The minimum atomic E-state index is 0.506. The second-order valence-electron chi connectivity index (χ2n) is 2.66. The summed E-state index contributed by atoms with van der Waals surface area (Å²) in [5.41, 5.74) is 0.981. The van der Waals surface area contributed by atoms with Gasteiger partial charge in [0, 0.05) is 11.4 Å². The minimum absolute atomic E-state index is 0.506. The van der Waals surface area contributed by atoms with E-state index in [0.29, 0.717) is 17.9 Å². The molecule has 13 heavy (non-hydrogen) atoms. The van der Waals surface area contributed by atoms with Gasteiger partial charge in [-0.1, -0.05) is 17.7 Å². The predicted octanol–water partition coefficient (Wildman–Crippen LogP) is 2.48. The van der Waals surface area contributed by atoms with Crippen molar-refractivity contribution in [2.45, 2.75) is 12.8 Å². The van der Waals surface area contributed by atoms with Crippen LogP contribution in [0.1, 0.15) is 12.0 Å². The topological polar surface area (TPSA) is 26.3 Å². The molecule has 0 atom stereocenters. The predicted molar refractivity (Wildman–Crippen MR) is 52.4 cm³/mol. The Balaban J connectivity index is 2.78. The summed E-state index contributed by atoms with van der Waals surface area (Å²) in [4.78, 5) is 10.1. The molecule has 0 saturated heterocycles. The fraction of sp³-hybridized carbons (Fsp3) is 0.300. The van der Waals surface area contributed by atoms with Crippen LogP contribution in [0.25, 0.3) is 0 Å². The molecule has 0 amide bonds. The zero-order valence-electron chi connectivity index (χ0n) is 7.42. The molecular weight excluding hydrogens is 188 g/mol. The lowest BCUT2D eigenvalue weighted by Gasteiger charge is -2.04. The maximum atomic E-state index is 10.1. The first-order chi connectivity index (χ1) is 6.27. The van der Waals surface area contributed by atoms with Gasteiger partial charge < -0.3 is 9.53 Å². The summed E-state index contributed by atoms with van der Waals surface area (Å²) < 4.78 is 5.00. The number of rotatable bonds is 4. The first-order valence-corrected chi connectivity index (χ1v) is 4.41. The highest BCUT2D eigenvalue weighted by molar-refractivity contribution is 6.31. The summed E-state index contributed by atoms with van der Waals surface area (Å²) in [6, 6.07) is 5.47. The normalized spacial score (nSPS) is 9.69. The maximum absolute atomic E-state index is 10.1. The number of hydrogen-bond donors (Lipinski definition) is 0. The number of methoxy groups -OCH3 is 1. The van der Waals surface area contributed by atoms with Crippen molar-refractivity contribution >= 4 is 17.9 Å². The van der Waals surface area contributed by atoms with E-state index in [0.717, 1.165) is 17.6 Å². The Kier molecular flexibility index (Phi) is 3.77. The van der Waals surface area contributed by atoms with Crippen molar-refractivity contribution in [2.24, 2.45) is 0 Å². The van der Waals surface area contributed by atoms with Gasteiger partial charge in [-0.05, 0) is 24.1 Å². The Morgan fingerprint density at radius 2 is 2.31 bits per heavy atom. The number of aldehydes is 1. The second-order valence-corrected chi connectivity index (χ2v) is 3.07. The summed E-state index contributed by atoms with van der Waals surface area (Å²) in [5, 5.41) is 0.654. The molecule has 0 bridgehead atoms. The summed E-state index contributed by atoms with van der Waals surface area (Å²) in [6.45, 7) is 0. The molecule has 2 nitrogen and oxygen atoms in total. The van der Waals surface area contributed by atoms with Crippen LogP contribution in [-0.2, 0) is 11.2 Å². The van der Waals surface area contributed by atoms with E-state index < -0.39 is 0 Å². The summed E-state index contributed by atoms with van der Waals surface area (Å²) >= 11 is 5.95. The molecule has 1 rings (SSSR count). The number of ether oxygens (including phenoxy) is 1. The molecule has 0 unspecified atom stereocenters. The minimum Gasteiger partial charge on any atom is -0.497 e. The molecule has 1 aromatic carbocycles. The monoisotopic (exact) mass is 198 g/mol. The van der Waals surface area contributed by atoms with Crippen molar-refractivity contribution < 1.29 is 9.53 Å². The number of halogens is 1. The van der Waals surface area contributed by atoms with Gasteiger partial charge in [-0.25, -0.2) is 0 Å². The number of benzene rings is 1. The standard InChI is InChI=1S/C10H11ClO2/c1-13-9-5-4-8(3-2-6-12)10(11)7-9/h4-7H,2-3H2,1H3. The van der Waals surface area contributed by atoms with Gasteiger partial charge in [0.15, 0.2) is 0 Å². The van der Waals surface area contributed by atoms with E-state index in [2.05, 4.69) is 0 Å². The lowest BCUT2D eigenvalue weighted by atomic mass is 10.1. The van der Waals surface area contributed by atoms with Gasteiger partial charge in [0.1, 0.15) is 12.0 Å². The highest BCUT2D eigenvalue weighted by atomic mass is 35.5. The Morgan fingerprint density at radius 3 is 2.85 bits per heavy atom. The molecule has 0 fully saturated rings. The molecule has 1 aromatic rings. The first kappa shape index (κ1) is 10.1. The van der Waals surface area contributed by atoms with Crippen LogP contribution in [0.3, 0.4) is 0 Å². The van der Waals surface area contributed by atoms with Gasteiger partial charge in [0.2, 0.25) is 0 Å². The van der Waals surface area contributed by atoms with Crippen LogP contribution in [-0.4, -0.2) is 13.4 Å². The van der Waals surface area contributed by atoms with Gasteiger partial charge in [-0.2, -0.15) is 0 Å². The van der Waals surface area contributed by atoms with E-state index >= 15 is 0 Å². The van der Waals surface area contributed by atoms with Crippen LogP contribution in [0.4, 0.5) is 0 Å². The van der Waals surface area contributed by atoms with E-state index in [1.165, 1.54) is 0 Å². The summed E-state index contributed by atoms with van der Waals surface area (Å²) in [6.07, 6.45) is 2.08. The molecule has 0 radical (unpaired) electrons. The third-order valence-electron chi connectivity index (χ3n) is 1.79. The zero-order valence-corrected chi connectivity index (χ0v) is 8.17. The molecule has 0 saturated carbocycles. The third-order valence-corrected chi connectivity index (χ3v) is 2.14. The zero-order chi connectivity index (χ0) is 9.68. The van der Waals surface area contributed by atoms with Crippen LogP contribution in [0.15, 0.2) is 18.2 Å². The van der Waals surface area contributed by atoms with Gasteiger partial charge in [-0.3, -0.25) is 0 Å². The summed E-state index contributed by atoms with van der Waals surface area (Å²) in [5.74, 6) is 0.736. The number of carbonyl (C=O) groups excluding carboxylic acids is 1. The number of aryl methyl sites for hydroxylation is 1. The number of hydrogen-bond acceptors (Lipinski definition) is 2. The third kappa shape index (κ3) is 2.74. The first-order valence-electron chi connectivity index (χ1n) is 4.04.